The Labute approximate surface area is 179 Å². The summed E-state index contributed by atoms with van der Waals surface area (Å²) in [5.74, 6) is 1.34. The van der Waals surface area contributed by atoms with Crippen LogP contribution in [0.2, 0.25) is 0 Å². The van der Waals surface area contributed by atoms with E-state index in [0.717, 1.165) is 24.2 Å². The average Bonchev–Trinajstić information content (AvgIpc) is 3.32. The van der Waals surface area contributed by atoms with E-state index in [0.29, 0.717) is 41.8 Å². The first kappa shape index (κ1) is 19.2. The number of likely N-dealkylation sites (N-methyl/N-ethyl adjacent to an activating group) is 1. The molecule has 1 amide bonds. The number of hydrogen-bond donors (Lipinski definition) is 0. The lowest BCUT2D eigenvalue weighted by atomic mass is 10.1. The van der Waals surface area contributed by atoms with E-state index in [9.17, 15) is 4.79 Å². The molecule has 4 aromatic rings. The lowest BCUT2D eigenvalue weighted by Crippen LogP contribution is -2.29. The maximum atomic E-state index is 13.2. The molecule has 1 fully saturated rings. The number of carbonyl (C=O) groups excluding carboxylic acids is 1. The first-order valence-corrected chi connectivity index (χ1v) is 10.3. The van der Waals surface area contributed by atoms with Gasteiger partial charge in [0.15, 0.2) is 5.76 Å². The summed E-state index contributed by atoms with van der Waals surface area (Å²) in [6.45, 7) is 0.579. The molecule has 31 heavy (non-hydrogen) atoms. The van der Waals surface area contributed by atoms with Crippen molar-refractivity contribution in [2.45, 2.75) is 25.2 Å². The summed E-state index contributed by atoms with van der Waals surface area (Å²) in [4.78, 5) is 28.3. The molecule has 8 nitrogen and oxygen atoms in total. The van der Waals surface area contributed by atoms with Crippen LogP contribution in [0, 0.1) is 0 Å². The van der Waals surface area contributed by atoms with Crippen LogP contribution in [0.4, 0.5) is 0 Å². The predicted octanol–water partition coefficient (Wildman–Crippen LogP) is 3.51. The molecular formula is C23H22N6O2. The lowest BCUT2D eigenvalue weighted by molar-refractivity contribution is 0.0795. The molecule has 0 aromatic carbocycles. The molecule has 0 N–H and O–H groups in total. The SMILES string of the molecule is CN(CCc1ccccn1)C(=O)c1cnn(-c2nccc(-c3ccco3)n2)c1C1CC1. The number of rotatable bonds is 7. The minimum absolute atomic E-state index is 0.0497. The largest absolute Gasteiger partial charge is 0.463 e. The minimum Gasteiger partial charge on any atom is -0.463 e. The van der Waals surface area contributed by atoms with E-state index in [1.54, 1.807) is 40.5 Å². The smallest absolute Gasteiger partial charge is 0.257 e. The van der Waals surface area contributed by atoms with E-state index in [1.165, 1.54) is 0 Å². The van der Waals surface area contributed by atoms with Crippen molar-refractivity contribution in [2.75, 3.05) is 13.6 Å². The highest BCUT2D eigenvalue weighted by Crippen LogP contribution is 2.42. The monoisotopic (exact) mass is 414 g/mol. The zero-order valence-electron chi connectivity index (χ0n) is 17.2. The third-order valence-corrected chi connectivity index (χ3v) is 5.38. The highest BCUT2D eigenvalue weighted by atomic mass is 16.3. The van der Waals surface area contributed by atoms with E-state index in [1.807, 2.05) is 37.4 Å². The van der Waals surface area contributed by atoms with Gasteiger partial charge < -0.3 is 9.32 Å². The molecule has 156 valence electrons. The Kier molecular flexibility index (Phi) is 5.03. The highest BCUT2D eigenvalue weighted by Gasteiger charge is 2.34. The van der Waals surface area contributed by atoms with Gasteiger partial charge >= 0.3 is 0 Å². The summed E-state index contributed by atoms with van der Waals surface area (Å²) in [6.07, 6.45) is 9.45. The molecule has 1 aliphatic rings. The molecule has 5 rings (SSSR count). The quantitative estimate of drug-likeness (QED) is 0.460. The number of pyridine rings is 1. The summed E-state index contributed by atoms with van der Waals surface area (Å²) >= 11 is 0. The predicted molar refractivity (Wildman–Crippen MR) is 114 cm³/mol. The summed E-state index contributed by atoms with van der Waals surface area (Å²) < 4.78 is 7.15. The van der Waals surface area contributed by atoms with E-state index >= 15 is 0 Å². The van der Waals surface area contributed by atoms with Gasteiger partial charge in [0.05, 0.1) is 23.7 Å². The van der Waals surface area contributed by atoms with Crippen LogP contribution in [0.3, 0.4) is 0 Å². The van der Waals surface area contributed by atoms with Crippen LogP contribution < -0.4 is 0 Å². The Morgan fingerprint density at radius 3 is 2.81 bits per heavy atom. The molecule has 4 heterocycles. The topological polar surface area (TPSA) is 89.9 Å². The van der Waals surface area contributed by atoms with Crippen molar-refractivity contribution in [3.63, 3.8) is 0 Å². The molecule has 0 atom stereocenters. The van der Waals surface area contributed by atoms with E-state index < -0.39 is 0 Å². The number of amides is 1. The second kappa shape index (κ2) is 8.14. The van der Waals surface area contributed by atoms with Crippen molar-refractivity contribution < 1.29 is 9.21 Å². The molecule has 0 unspecified atom stereocenters. The average molecular weight is 414 g/mol. The Balaban J connectivity index is 1.41. The van der Waals surface area contributed by atoms with E-state index in [2.05, 4.69) is 20.1 Å². The van der Waals surface area contributed by atoms with Gasteiger partial charge in [0.25, 0.3) is 11.9 Å². The van der Waals surface area contributed by atoms with Crippen LogP contribution >= 0.6 is 0 Å². The lowest BCUT2D eigenvalue weighted by Gasteiger charge is -2.17. The van der Waals surface area contributed by atoms with Crippen molar-refractivity contribution in [3.05, 3.63) is 78.2 Å². The molecule has 0 bridgehead atoms. The molecule has 0 radical (unpaired) electrons. The van der Waals surface area contributed by atoms with E-state index in [-0.39, 0.29) is 5.91 Å². The maximum Gasteiger partial charge on any atom is 0.257 e. The van der Waals surface area contributed by atoms with E-state index in [4.69, 9.17) is 4.42 Å². The number of hydrogen-bond acceptors (Lipinski definition) is 6. The molecule has 4 aromatic heterocycles. The Morgan fingerprint density at radius 1 is 1.16 bits per heavy atom. The molecule has 1 aliphatic carbocycles. The van der Waals surface area contributed by atoms with Crippen LogP contribution in [0.15, 0.2) is 65.7 Å². The molecular weight excluding hydrogens is 392 g/mol. The summed E-state index contributed by atoms with van der Waals surface area (Å²) in [6, 6.07) is 11.3. The number of carbonyl (C=O) groups is 1. The van der Waals surface area contributed by atoms with Crippen LogP contribution in [0.1, 0.15) is 40.5 Å². The van der Waals surface area contributed by atoms with Crippen molar-refractivity contribution in [1.29, 1.82) is 0 Å². The standard InChI is InChI=1S/C23H22N6O2/c1-28(13-10-17-5-2-3-11-24-17)22(30)18-15-26-29(21(18)16-7-8-16)23-25-12-9-19(27-23)20-6-4-14-31-20/h2-6,9,11-12,14-16H,7-8,10,13H2,1H3. The van der Waals surface area contributed by atoms with Gasteiger partial charge in [-0.2, -0.15) is 5.10 Å². The zero-order valence-corrected chi connectivity index (χ0v) is 17.2. The third-order valence-electron chi connectivity index (χ3n) is 5.38. The minimum atomic E-state index is -0.0497. The molecule has 1 saturated carbocycles. The zero-order chi connectivity index (χ0) is 21.2. The maximum absolute atomic E-state index is 13.2. The van der Waals surface area contributed by atoms with Gasteiger partial charge in [-0.1, -0.05) is 6.07 Å². The van der Waals surface area contributed by atoms with Crippen LogP contribution in [0.25, 0.3) is 17.4 Å². The fourth-order valence-corrected chi connectivity index (χ4v) is 3.58. The Morgan fingerprint density at radius 2 is 2.06 bits per heavy atom. The fourth-order valence-electron chi connectivity index (χ4n) is 3.58. The van der Waals surface area contributed by atoms with Crippen LogP contribution in [-0.2, 0) is 6.42 Å². The van der Waals surface area contributed by atoms with Crippen molar-refractivity contribution in [2.24, 2.45) is 0 Å². The van der Waals surface area contributed by atoms with Gasteiger partial charge in [0.2, 0.25) is 0 Å². The van der Waals surface area contributed by atoms with Gasteiger partial charge in [0, 0.05) is 44.0 Å². The Hall–Kier alpha value is -3.81. The van der Waals surface area contributed by atoms with Crippen LogP contribution in [0.5, 0.6) is 0 Å². The molecule has 0 saturated heterocycles. The van der Waals surface area contributed by atoms with Crippen molar-refractivity contribution in [1.82, 2.24) is 29.6 Å². The third kappa shape index (κ3) is 3.96. The van der Waals surface area contributed by atoms with Gasteiger partial charge in [-0.3, -0.25) is 9.78 Å². The van der Waals surface area contributed by atoms with Gasteiger partial charge in [-0.25, -0.2) is 14.6 Å². The summed E-state index contributed by atoms with van der Waals surface area (Å²) in [5.41, 5.74) is 3.13. The number of nitrogens with zero attached hydrogens (tertiary/aromatic N) is 6. The second-order valence-corrected chi connectivity index (χ2v) is 7.65. The first-order valence-electron chi connectivity index (χ1n) is 10.3. The molecule has 8 heteroatoms. The van der Waals surface area contributed by atoms with Gasteiger partial charge in [-0.05, 0) is 43.2 Å². The second-order valence-electron chi connectivity index (χ2n) is 7.65. The molecule has 0 aliphatic heterocycles. The fraction of sp³-hybridized carbons (Fsp3) is 0.261. The summed E-state index contributed by atoms with van der Waals surface area (Å²) in [5, 5.41) is 4.49. The number of furan rings is 1. The van der Waals surface area contributed by atoms with Crippen molar-refractivity contribution in [3.8, 4) is 17.4 Å². The van der Waals surface area contributed by atoms with Gasteiger partial charge in [-0.15, -0.1) is 0 Å². The molecule has 0 spiro atoms. The number of aromatic nitrogens is 5. The first-order chi connectivity index (χ1) is 15.2. The normalized spacial score (nSPS) is 13.3. The Bertz CT molecular complexity index is 1180. The van der Waals surface area contributed by atoms with Crippen molar-refractivity contribution >= 4 is 5.91 Å². The van der Waals surface area contributed by atoms with Crippen LogP contribution in [-0.4, -0.2) is 49.1 Å². The highest BCUT2D eigenvalue weighted by molar-refractivity contribution is 5.95. The van der Waals surface area contributed by atoms with Gasteiger partial charge in [0.1, 0.15) is 5.69 Å². The summed E-state index contributed by atoms with van der Waals surface area (Å²) in [7, 11) is 1.81.